The molecule has 4 rings (SSSR count). The summed E-state index contributed by atoms with van der Waals surface area (Å²) in [4.78, 5) is 17.1. The molecule has 1 amide bonds. The summed E-state index contributed by atoms with van der Waals surface area (Å²) in [7, 11) is 0. The van der Waals surface area contributed by atoms with Crippen LogP contribution in [0.4, 0.5) is 0 Å². The van der Waals surface area contributed by atoms with Gasteiger partial charge in [0, 0.05) is 6.54 Å². The normalized spacial score (nSPS) is 11.4. The number of carbonyl (C=O) groups excluding carboxylic acids is 1. The third-order valence-electron chi connectivity index (χ3n) is 6.06. The molecule has 0 saturated heterocycles. The van der Waals surface area contributed by atoms with Gasteiger partial charge >= 0.3 is 0 Å². The highest BCUT2D eigenvalue weighted by atomic mass is 16.5. The molecule has 3 aromatic carbocycles. The van der Waals surface area contributed by atoms with E-state index in [2.05, 4.69) is 48.9 Å². The van der Waals surface area contributed by atoms with Crippen LogP contribution in [0.1, 0.15) is 45.0 Å². The fourth-order valence-corrected chi connectivity index (χ4v) is 4.02. The molecular weight excluding hydrogens is 450 g/mol. The molecule has 188 valence electrons. The first-order valence-electron chi connectivity index (χ1n) is 12.5. The Morgan fingerprint density at radius 1 is 0.861 bits per heavy atom. The van der Waals surface area contributed by atoms with E-state index in [1.54, 1.807) is 0 Å². The molecule has 0 aliphatic heterocycles. The minimum atomic E-state index is -0.177. The van der Waals surface area contributed by atoms with Crippen molar-refractivity contribution in [2.45, 2.75) is 52.1 Å². The van der Waals surface area contributed by atoms with Gasteiger partial charge in [0.25, 0.3) is 5.91 Å². The van der Waals surface area contributed by atoms with Crippen molar-refractivity contribution in [3.05, 3.63) is 90.3 Å². The van der Waals surface area contributed by atoms with Crippen molar-refractivity contribution in [2.75, 3.05) is 13.2 Å². The number of nitrogens with zero attached hydrogens (tertiary/aromatic N) is 2. The third kappa shape index (κ3) is 6.87. The van der Waals surface area contributed by atoms with Crippen LogP contribution in [-0.4, -0.2) is 28.7 Å². The lowest BCUT2D eigenvalue weighted by atomic mass is 9.87. The number of imidazole rings is 1. The summed E-state index contributed by atoms with van der Waals surface area (Å²) in [6, 6.07) is 25.8. The first kappa shape index (κ1) is 25.3. The molecule has 6 nitrogen and oxygen atoms in total. The number of ether oxygens (including phenoxy) is 2. The summed E-state index contributed by atoms with van der Waals surface area (Å²) >= 11 is 0. The summed E-state index contributed by atoms with van der Waals surface area (Å²) in [5.74, 6) is 2.23. The standard InChI is InChI=1S/C30H35N3O3/c1-30(2,3)23-15-17-25(18-16-23)35-20-10-9-19-33-27-14-8-7-13-26(27)32-28(33)21-31-29(34)22-36-24-11-5-4-6-12-24/h4-8,11-18H,9-10,19-22H2,1-3H3,(H,31,34). The Morgan fingerprint density at radius 2 is 1.56 bits per heavy atom. The zero-order chi connectivity index (χ0) is 25.4. The topological polar surface area (TPSA) is 65.4 Å². The van der Waals surface area contributed by atoms with Gasteiger partial charge in [-0.2, -0.15) is 0 Å². The lowest BCUT2D eigenvalue weighted by Crippen LogP contribution is -2.29. The van der Waals surface area contributed by atoms with Crippen molar-refractivity contribution >= 4 is 16.9 Å². The second-order valence-electron chi connectivity index (χ2n) is 9.88. The molecule has 1 heterocycles. The average molecular weight is 486 g/mol. The van der Waals surface area contributed by atoms with Crippen LogP contribution >= 0.6 is 0 Å². The Morgan fingerprint density at radius 3 is 2.31 bits per heavy atom. The quantitative estimate of drug-likeness (QED) is 0.269. The van der Waals surface area contributed by atoms with E-state index in [4.69, 9.17) is 14.5 Å². The molecule has 0 radical (unpaired) electrons. The number of hydrogen-bond acceptors (Lipinski definition) is 4. The first-order valence-corrected chi connectivity index (χ1v) is 12.5. The monoisotopic (exact) mass is 485 g/mol. The van der Waals surface area contributed by atoms with Gasteiger partial charge in [-0.25, -0.2) is 4.98 Å². The van der Waals surface area contributed by atoms with E-state index in [1.165, 1.54) is 5.56 Å². The van der Waals surface area contributed by atoms with Crippen LogP contribution in [0.15, 0.2) is 78.9 Å². The predicted molar refractivity (Wildman–Crippen MR) is 143 cm³/mol. The number of amides is 1. The molecule has 6 heteroatoms. The third-order valence-corrected chi connectivity index (χ3v) is 6.06. The summed E-state index contributed by atoms with van der Waals surface area (Å²) in [5, 5.41) is 2.94. The number of hydrogen-bond donors (Lipinski definition) is 1. The van der Waals surface area contributed by atoms with Gasteiger partial charge in [-0.15, -0.1) is 0 Å². The largest absolute Gasteiger partial charge is 0.494 e. The molecule has 1 N–H and O–H groups in total. The molecule has 4 aromatic rings. The average Bonchev–Trinajstić information content (AvgIpc) is 3.24. The molecule has 0 spiro atoms. The fourth-order valence-electron chi connectivity index (χ4n) is 4.02. The van der Waals surface area contributed by atoms with Crippen molar-refractivity contribution in [2.24, 2.45) is 0 Å². The van der Waals surface area contributed by atoms with Gasteiger partial charge in [-0.05, 0) is 60.2 Å². The number of aromatic nitrogens is 2. The van der Waals surface area contributed by atoms with Crippen LogP contribution in [0.3, 0.4) is 0 Å². The Bertz CT molecular complexity index is 1260. The van der Waals surface area contributed by atoms with E-state index in [9.17, 15) is 4.79 Å². The van der Waals surface area contributed by atoms with Gasteiger partial charge in [0.05, 0.1) is 24.2 Å². The lowest BCUT2D eigenvalue weighted by Gasteiger charge is -2.19. The Kier molecular flexibility index (Phi) is 8.26. The van der Waals surface area contributed by atoms with Crippen molar-refractivity contribution in [1.29, 1.82) is 0 Å². The van der Waals surface area contributed by atoms with Gasteiger partial charge < -0.3 is 19.4 Å². The molecule has 0 saturated carbocycles. The van der Waals surface area contributed by atoms with Crippen LogP contribution in [0.25, 0.3) is 11.0 Å². The van der Waals surface area contributed by atoms with E-state index in [-0.39, 0.29) is 17.9 Å². The maximum atomic E-state index is 12.3. The second-order valence-corrected chi connectivity index (χ2v) is 9.88. The first-order chi connectivity index (χ1) is 17.4. The zero-order valence-electron chi connectivity index (χ0n) is 21.4. The van der Waals surface area contributed by atoms with E-state index >= 15 is 0 Å². The number of unbranched alkanes of at least 4 members (excludes halogenated alkanes) is 1. The Hall–Kier alpha value is -3.80. The van der Waals surface area contributed by atoms with Crippen molar-refractivity contribution in [3.8, 4) is 11.5 Å². The molecule has 0 bridgehead atoms. The Labute approximate surface area is 213 Å². The van der Waals surface area contributed by atoms with E-state index in [1.807, 2.05) is 60.7 Å². The smallest absolute Gasteiger partial charge is 0.258 e. The highest BCUT2D eigenvalue weighted by Gasteiger charge is 2.14. The number of para-hydroxylation sites is 3. The van der Waals surface area contributed by atoms with E-state index in [0.29, 0.717) is 18.9 Å². The predicted octanol–water partition coefficient (Wildman–Crippen LogP) is 5.89. The maximum Gasteiger partial charge on any atom is 0.258 e. The number of benzene rings is 3. The highest BCUT2D eigenvalue weighted by molar-refractivity contribution is 5.78. The molecule has 0 aliphatic rings. The number of nitrogens with one attached hydrogen (secondary N) is 1. The Balaban J connectivity index is 1.28. The summed E-state index contributed by atoms with van der Waals surface area (Å²) in [6.45, 7) is 8.41. The zero-order valence-corrected chi connectivity index (χ0v) is 21.4. The molecule has 0 atom stereocenters. The fraction of sp³-hybridized carbons (Fsp3) is 0.333. The summed E-state index contributed by atoms with van der Waals surface area (Å²) < 4.78 is 13.7. The maximum absolute atomic E-state index is 12.3. The van der Waals surface area contributed by atoms with Gasteiger partial charge in [0.15, 0.2) is 6.61 Å². The van der Waals surface area contributed by atoms with Gasteiger partial charge in [-0.3, -0.25) is 4.79 Å². The molecule has 0 aliphatic carbocycles. The van der Waals surface area contributed by atoms with Gasteiger partial charge in [0.1, 0.15) is 17.3 Å². The number of fused-ring (bicyclic) bond motifs is 1. The molecular formula is C30H35N3O3. The van der Waals surface area contributed by atoms with Crippen molar-refractivity contribution in [1.82, 2.24) is 14.9 Å². The molecule has 0 unspecified atom stereocenters. The molecule has 36 heavy (non-hydrogen) atoms. The van der Waals surface area contributed by atoms with Crippen LogP contribution < -0.4 is 14.8 Å². The van der Waals surface area contributed by atoms with Crippen molar-refractivity contribution < 1.29 is 14.3 Å². The number of aryl methyl sites for hydroxylation is 1. The highest BCUT2D eigenvalue weighted by Crippen LogP contribution is 2.24. The summed E-state index contributed by atoms with van der Waals surface area (Å²) in [6.07, 6.45) is 1.86. The number of carbonyl (C=O) groups is 1. The van der Waals surface area contributed by atoms with Crippen molar-refractivity contribution in [3.63, 3.8) is 0 Å². The lowest BCUT2D eigenvalue weighted by molar-refractivity contribution is -0.123. The SMILES string of the molecule is CC(C)(C)c1ccc(OCCCCn2c(CNC(=O)COc3ccccc3)nc3ccccc32)cc1. The van der Waals surface area contributed by atoms with Crippen LogP contribution in [0, 0.1) is 0 Å². The van der Waals surface area contributed by atoms with Crippen LogP contribution in [-0.2, 0) is 23.3 Å². The summed E-state index contributed by atoms with van der Waals surface area (Å²) in [5.41, 5.74) is 3.43. The minimum absolute atomic E-state index is 0.0295. The van der Waals surface area contributed by atoms with Crippen LogP contribution in [0.2, 0.25) is 0 Å². The molecule has 1 aromatic heterocycles. The van der Waals surface area contributed by atoms with E-state index < -0.39 is 0 Å². The van der Waals surface area contributed by atoms with Gasteiger partial charge in [0.2, 0.25) is 0 Å². The number of rotatable bonds is 11. The second kappa shape index (κ2) is 11.8. The van der Waals surface area contributed by atoms with Gasteiger partial charge in [-0.1, -0.05) is 63.2 Å². The van der Waals surface area contributed by atoms with Crippen LogP contribution in [0.5, 0.6) is 11.5 Å². The minimum Gasteiger partial charge on any atom is -0.494 e. The molecule has 0 fully saturated rings. The van der Waals surface area contributed by atoms with E-state index in [0.717, 1.165) is 42.0 Å².